The van der Waals surface area contributed by atoms with Gasteiger partial charge in [-0.3, -0.25) is 14.6 Å². The van der Waals surface area contributed by atoms with Crippen molar-refractivity contribution in [2.45, 2.75) is 33.2 Å². The third-order valence-corrected chi connectivity index (χ3v) is 4.54. The van der Waals surface area contributed by atoms with Gasteiger partial charge in [-0.1, -0.05) is 19.4 Å². The van der Waals surface area contributed by atoms with Crippen LogP contribution in [0.5, 0.6) is 0 Å². The van der Waals surface area contributed by atoms with Crippen LogP contribution in [-0.2, 0) is 13.0 Å². The third-order valence-electron chi connectivity index (χ3n) is 4.54. The van der Waals surface area contributed by atoms with Crippen molar-refractivity contribution in [3.63, 3.8) is 0 Å². The monoisotopic (exact) mass is 346 g/mol. The van der Waals surface area contributed by atoms with Crippen LogP contribution < -0.4 is 5.56 Å². The average Bonchev–Trinajstić information content (AvgIpc) is 3.22. The summed E-state index contributed by atoms with van der Waals surface area (Å²) < 4.78 is 3.27. The number of fused-ring (bicyclic) bond motifs is 2. The van der Waals surface area contributed by atoms with Crippen LogP contribution in [-0.4, -0.2) is 24.4 Å². The molecule has 4 aromatic rings. The number of nitriles is 1. The molecule has 7 heteroatoms. The van der Waals surface area contributed by atoms with Gasteiger partial charge in [0.25, 0.3) is 5.56 Å². The number of hydrogen-bond donors (Lipinski definition) is 1. The van der Waals surface area contributed by atoms with Crippen LogP contribution in [0.15, 0.2) is 35.3 Å². The molecule has 0 fully saturated rings. The Balaban J connectivity index is 1.92. The summed E-state index contributed by atoms with van der Waals surface area (Å²) in [7, 11) is 0. The summed E-state index contributed by atoms with van der Waals surface area (Å²) in [6.45, 7) is 4.86. The van der Waals surface area contributed by atoms with E-state index in [0.717, 1.165) is 35.1 Å². The van der Waals surface area contributed by atoms with E-state index in [1.807, 2.05) is 42.9 Å². The van der Waals surface area contributed by atoms with E-state index < -0.39 is 0 Å². The summed E-state index contributed by atoms with van der Waals surface area (Å²) in [4.78, 5) is 17.1. The highest BCUT2D eigenvalue weighted by molar-refractivity contribution is 5.84. The van der Waals surface area contributed by atoms with E-state index in [1.54, 1.807) is 0 Å². The molecule has 1 N–H and O–H groups in total. The molecule has 0 unspecified atom stereocenters. The predicted molar refractivity (Wildman–Crippen MR) is 98.9 cm³/mol. The second-order valence-electron chi connectivity index (χ2n) is 6.20. The zero-order chi connectivity index (χ0) is 18.3. The van der Waals surface area contributed by atoms with Gasteiger partial charge >= 0.3 is 0 Å². The summed E-state index contributed by atoms with van der Waals surface area (Å²) >= 11 is 0. The molecule has 0 saturated carbocycles. The fraction of sp³-hybridized carbons (Fsp3) is 0.263. The highest BCUT2D eigenvalue weighted by atomic mass is 16.1. The van der Waals surface area contributed by atoms with Crippen LogP contribution >= 0.6 is 0 Å². The number of H-pyrrole nitrogens is 1. The molecule has 7 nitrogen and oxygen atoms in total. The zero-order valence-electron chi connectivity index (χ0n) is 14.7. The topological polar surface area (TPSA) is 91.8 Å². The van der Waals surface area contributed by atoms with E-state index in [9.17, 15) is 10.1 Å². The van der Waals surface area contributed by atoms with E-state index >= 15 is 0 Å². The van der Waals surface area contributed by atoms with Gasteiger partial charge in [0.2, 0.25) is 0 Å². The minimum atomic E-state index is -0.229. The van der Waals surface area contributed by atoms with Crippen molar-refractivity contribution in [1.29, 1.82) is 5.26 Å². The van der Waals surface area contributed by atoms with Crippen molar-refractivity contribution in [2.75, 3.05) is 0 Å². The lowest BCUT2D eigenvalue weighted by Gasteiger charge is -2.03. The molecular weight excluding hydrogens is 328 g/mol. The van der Waals surface area contributed by atoms with Gasteiger partial charge in [-0.15, -0.1) is 0 Å². The number of benzene rings is 1. The first-order valence-electron chi connectivity index (χ1n) is 8.67. The lowest BCUT2D eigenvalue weighted by atomic mass is 10.1. The minimum absolute atomic E-state index is 0.229. The molecule has 0 bridgehead atoms. The number of nitrogens with one attached hydrogen (secondary N) is 1. The number of aryl methyl sites for hydroxylation is 2. The molecule has 1 aromatic carbocycles. The molecule has 0 aliphatic carbocycles. The fourth-order valence-electron chi connectivity index (χ4n) is 3.28. The number of aromatic amines is 1. The van der Waals surface area contributed by atoms with Crippen LogP contribution in [0, 0.1) is 11.3 Å². The Hall–Kier alpha value is -3.40. The lowest BCUT2D eigenvalue weighted by Crippen LogP contribution is -2.14. The molecule has 0 aliphatic heterocycles. The zero-order valence-corrected chi connectivity index (χ0v) is 14.7. The highest BCUT2D eigenvalue weighted by Gasteiger charge is 2.15. The predicted octanol–water partition coefficient (Wildman–Crippen LogP) is 2.88. The highest BCUT2D eigenvalue weighted by Crippen LogP contribution is 2.24. The second kappa shape index (κ2) is 6.15. The van der Waals surface area contributed by atoms with Gasteiger partial charge < -0.3 is 0 Å². The first-order valence-corrected chi connectivity index (χ1v) is 8.67. The van der Waals surface area contributed by atoms with Crippen LogP contribution in [0.3, 0.4) is 0 Å². The first-order chi connectivity index (χ1) is 12.7. The number of hydrogen-bond acceptors (Lipinski definition) is 4. The number of nitrogens with zero attached hydrogens (tertiary/aromatic N) is 5. The van der Waals surface area contributed by atoms with Crippen molar-refractivity contribution in [1.82, 2.24) is 24.4 Å². The SMILES string of the molecule is CCCc1[nH]n2c(=O)cc(-c3ccc4c(cnn4CC)c3)nc2c1C#N. The Morgan fingerprint density at radius 2 is 2.12 bits per heavy atom. The van der Waals surface area contributed by atoms with Crippen LogP contribution in [0.4, 0.5) is 0 Å². The van der Waals surface area contributed by atoms with Crippen LogP contribution in [0.2, 0.25) is 0 Å². The normalized spacial score (nSPS) is 11.3. The molecule has 0 atom stereocenters. The Kier molecular flexibility index (Phi) is 3.81. The maximum Gasteiger partial charge on any atom is 0.273 e. The molecule has 4 rings (SSSR count). The van der Waals surface area contributed by atoms with Gasteiger partial charge in [0, 0.05) is 23.6 Å². The Bertz CT molecular complexity index is 1220. The average molecular weight is 346 g/mol. The molecule has 0 saturated heterocycles. The molecule has 0 amide bonds. The summed E-state index contributed by atoms with van der Waals surface area (Å²) in [5.74, 6) is 0. The Morgan fingerprint density at radius 1 is 1.27 bits per heavy atom. The largest absolute Gasteiger partial charge is 0.292 e. The van der Waals surface area contributed by atoms with Gasteiger partial charge in [0.05, 0.1) is 23.1 Å². The lowest BCUT2D eigenvalue weighted by molar-refractivity contribution is 0.684. The van der Waals surface area contributed by atoms with Crippen LogP contribution in [0.1, 0.15) is 31.5 Å². The fourth-order valence-corrected chi connectivity index (χ4v) is 3.28. The van der Waals surface area contributed by atoms with Gasteiger partial charge in [-0.25, -0.2) is 4.98 Å². The quantitative estimate of drug-likeness (QED) is 0.615. The Labute approximate surface area is 149 Å². The summed E-state index contributed by atoms with van der Waals surface area (Å²) in [5, 5.41) is 17.9. The molecule has 0 spiro atoms. The van der Waals surface area contributed by atoms with Gasteiger partial charge in [-0.05, 0) is 25.5 Å². The minimum Gasteiger partial charge on any atom is -0.292 e. The summed E-state index contributed by atoms with van der Waals surface area (Å²) in [6, 6.07) is 9.56. The van der Waals surface area contributed by atoms with E-state index in [1.165, 1.54) is 10.6 Å². The molecule has 0 aliphatic rings. The van der Waals surface area contributed by atoms with Crippen molar-refractivity contribution in [3.05, 3.63) is 52.1 Å². The molecule has 3 heterocycles. The van der Waals surface area contributed by atoms with Gasteiger partial charge in [-0.2, -0.15) is 14.9 Å². The number of aromatic nitrogens is 5. The van der Waals surface area contributed by atoms with E-state index in [0.29, 0.717) is 23.3 Å². The van der Waals surface area contributed by atoms with Crippen LogP contribution in [0.25, 0.3) is 27.8 Å². The standard InChI is InChI=1S/C19H18N6O/c1-3-5-15-14(10-20)19-22-16(9-18(26)25(19)23-15)12-6-7-17-13(8-12)11-21-24(17)4-2/h6-9,11,23H,3-5H2,1-2H3. The molecule has 130 valence electrons. The Morgan fingerprint density at radius 3 is 2.85 bits per heavy atom. The smallest absolute Gasteiger partial charge is 0.273 e. The van der Waals surface area contributed by atoms with Gasteiger partial charge in [0.1, 0.15) is 11.6 Å². The maximum absolute atomic E-state index is 12.5. The van der Waals surface area contributed by atoms with Crippen molar-refractivity contribution in [3.8, 4) is 17.3 Å². The van der Waals surface area contributed by atoms with E-state index in [2.05, 4.69) is 21.3 Å². The first kappa shape index (κ1) is 16.1. The second-order valence-corrected chi connectivity index (χ2v) is 6.20. The van der Waals surface area contributed by atoms with Crippen molar-refractivity contribution >= 4 is 16.6 Å². The van der Waals surface area contributed by atoms with E-state index in [-0.39, 0.29) is 5.56 Å². The third kappa shape index (κ3) is 2.39. The molecule has 3 aromatic heterocycles. The maximum atomic E-state index is 12.5. The van der Waals surface area contributed by atoms with Crippen molar-refractivity contribution in [2.24, 2.45) is 0 Å². The summed E-state index contributed by atoms with van der Waals surface area (Å²) in [5.41, 5.74) is 3.76. The van der Waals surface area contributed by atoms with E-state index in [4.69, 9.17) is 0 Å². The number of rotatable bonds is 4. The molecular formula is C19H18N6O. The molecule has 26 heavy (non-hydrogen) atoms. The summed E-state index contributed by atoms with van der Waals surface area (Å²) in [6.07, 6.45) is 3.38. The van der Waals surface area contributed by atoms with Gasteiger partial charge in [0.15, 0.2) is 5.65 Å². The van der Waals surface area contributed by atoms with Crippen molar-refractivity contribution < 1.29 is 0 Å². The molecule has 0 radical (unpaired) electrons.